The van der Waals surface area contributed by atoms with Crippen molar-refractivity contribution in [3.8, 4) is 5.75 Å². The van der Waals surface area contributed by atoms with Crippen molar-refractivity contribution in [1.82, 2.24) is 19.4 Å². The van der Waals surface area contributed by atoms with E-state index >= 15 is 0 Å². The summed E-state index contributed by atoms with van der Waals surface area (Å²) in [7, 11) is 3.85. The van der Waals surface area contributed by atoms with Crippen molar-refractivity contribution in [3.05, 3.63) is 47.5 Å². The summed E-state index contributed by atoms with van der Waals surface area (Å²) in [5, 5.41) is 0. The monoisotopic (exact) mass is 356 g/mol. The highest BCUT2D eigenvalue weighted by atomic mass is 16.5. The second-order valence-electron chi connectivity index (χ2n) is 7.24. The molecule has 1 fully saturated rings. The Hall–Kier alpha value is -1.89. The molecular weight excluding hydrogens is 328 g/mol. The molecule has 1 aromatic carbocycles. The van der Waals surface area contributed by atoms with Crippen LogP contribution in [0.2, 0.25) is 0 Å². The van der Waals surface area contributed by atoms with Crippen LogP contribution in [0.1, 0.15) is 17.0 Å². The van der Waals surface area contributed by atoms with Crippen LogP contribution >= 0.6 is 0 Å². The highest BCUT2D eigenvalue weighted by Crippen LogP contribution is 2.27. The number of hydrogen-bond donors (Lipinski definition) is 0. The van der Waals surface area contributed by atoms with Crippen molar-refractivity contribution in [1.29, 1.82) is 0 Å². The molecule has 1 aromatic heterocycles. The number of para-hydroxylation sites is 1. The van der Waals surface area contributed by atoms with Gasteiger partial charge in [-0.2, -0.15) is 0 Å². The van der Waals surface area contributed by atoms with Crippen molar-refractivity contribution in [3.63, 3.8) is 0 Å². The molecule has 4 rings (SSSR count). The zero-order valence-electron chi connectivity index (χ0n) is 15.7. The minimum absolute atomic E-state index is 0.473. The number of benzene rings is 1. The number of hydrogen-bond acceptors (Lipinski definition) is 5. The smallest absolute Gasteiger partial charge is 0.123 e. The maximum Gasteiger partial charge on any atom is 0.123 e. The minimum atomic E-state index is 0.473. The van der Waals surface area contributed by atoms with E-state index in [1.54, 1.807) is 7.11 Å². The first kappa shape index (κ1) is 17.5. The molecule has 0 saturated carbocycles. The van der Waals surface area contributed by atoms with E-state index in [0.717, 1.165) is 58.1 Å². The lowest BCUT2D eigenvalue weighted by Crippen LogP contribution is -2.50. The minimum Gasteiger partial charge on any atom is -0.496 e. The summed E-state index contributed by atoms with van der Waals surface area (Å²) in [4.78, 5) is 9.72. The standard InChI is InChI=1S/C20H28N4O2/c1-22-15-21-18-14-24(12-16-5-3-4-6-20(16)25-2)17(11-19(18)22)13-23-7-9-26-10-8-23/h3-6,15,17H,7-14H2,1-2H3. The number of aromatic nitrogens is 2. The van der Waals surface area contributed by atoms with Gasteiger partial charge in [0.1, 0.15) is 5.75 Å². The molecule has 140 valence electrons. The molecule has 2 aromatic rings. The summed E-state index contributed by atoms with van der Waals surface area (Å²) < 4.78 is 13.3. The molecule has 2 aliphatic rings. The van der Waals surface area contributed by atoms with E-state index in [1.165, 1.54) is 17.0 Å². The predicted octanol–water partition coefficient (Wildman–Crippen LogP) is 1.69. The predicted molar refractivity (Wildman–Crippen MR) is 100 cm³/mol. The Bertz CT molecular complexity index is 739. The summed E-state index contributed by atoms with van der Waals surface area (Å²) in [6.07, 6.45) is 2.99. The first-order valence-corrected chi connectivity index (χ1v) is 9.39. The fraction of sp³-hybridized carbons (Fsp3) is 0.550. The number of morpholine rings is 1. The number of ether oxygens (including phenoxy) is 2. The zero-order valence-corrected chi connectivity index (χ0v) is 15.7. The summed E-state index contributed by atoms with van der Waals surface area (Å²) in [5.74, 6) is 0.962. The lowest BCUT2D eigenvalue weighted by molar-refractivity contribution is 0.0178. The van der Waals surface area contributed by atoms with Crippen LogP contribution < -0.4 is 4.74 Å². The van der Waals surface area contributed by atoms with Gasteiger partial charge in [0.15, 0.2) is 0 Å². The number of fused-ring (bicyclic) bond motifs is 1. The molecule has 2 aliphatic heterocycles. The van der Waals surface area contributed by atoms with Crippen molar-refractivity contribution in [2.24, 2.45) is 7.05 Å². The van der Waals surface area contributed by atoms with Gasteiger partial charge in [0.25, 0.3) is 0 Å². The van der Waals surface area contributed by atoms with Crippen LogP contribution in [0.15, 0.2) is 30.6 Å². The van der Waals surface area contributed by atoms with Crippen molar-refractivity contribution in [2.75, 3.05) is 40.0 Å². The molecule has 26 heavy (non-hydrogen) atoms. The third-order valence-corrected chi connectivity index (χ3v) is 5.58. The van der Waals surface area contributed by atoms with Crippen LogP contribution in [0.4, 0.5) is 0 Å². The van der Waals surface area contributed by atoms with Crippen molar-refractivity contribution < 1.29 is 9.47 Å². The topological polar surface area (TPSA) is 42.8 Å². The molecular formula is C20H28N4O2. The van der Waals surface area contributed by atoms with Crippen molar-refractivity contribution >= 4 is 0 Å². The van der Waals surface area contributed by atoms with Crippen LogP contribution in [0, 0.1) is 0 Å². The van der Waals surface area contributed by atoms with Gasteiger partial charge < -0.3 is 14.0 Å². The van der Waals surface area contributed by atoms with Gasteiger partial charge in [-0.1, -0.05) is 18.2 Å². The number of nitrogens with zero attached hydrogens (tertiary/aromatic N) is 4. The van der Waals surface area contributed by atoms with Gasteiger partial charge in [-0.3, -0.25) is 9.80 Å². The van der Waals surface area contributed by atoms with Gasteiger partial charge in [0.05, 0.1) is 32.3 Å². The van der Waals surface area contributed by atoms with Gasteiger partial charge in [-0.25, -0.2) is 4.98 Å². The molecule has 3 heterocycles. The fourth-order valence-electron chi connectivity index (χ4n) is 4.07. The molecule has 6 heteroatoms. The second-order valence-corrected chi connectivity index (χ2v) is 7.24. The van der Waals surface area contributed by atoms with Crippen LogP contribution in [0.3, 0.4) is 0 Å². The number of imidazole rings is 1. The average Bonchev–Trinajstić information content (AvgIpc) is 3.03. The Morgan fingerprint density at radius 3 is 2.85 bits per heavy atom. The molecule has 0 aliphatic carbocycles. The average molecular weight is 356 g/mol. The van der Waals surface area contributed by atoms with E-state index in [4.69, 9.17) is 9.47 Å². The molecule has 0 amide bonds. The van der Waals surface area contributed by atoms with Crippen LogP contribution in [0.25, 0.3) is 0 Å². The van der Waals surface area contributed by atoms with Gasteiger partial charge in [-0.05, 0) is 6.07 Å². The van der Waals surface area contributed by atoms with E-state index in [9.17, 15) is 0 Å². The van der Waals surface area contributed by atoms with Crippen LogP contribution in [-0.2, 0) is 31.3 Å². The quantitative estimate of drug-likeness (QED) is 0.816. The molecule has 1 saturated heterocycles. The van der Waals surface area contributed by atoms with E-state index in [2.05, 4.69) is 38.5 Å². The highest BCUT2D eigenvalue weighted by Gasteiger charge is 2.31. The van der Waals surface area contributed by atoms with E-state index in [1.807, 2.05) is 18.5 Å². The lowest BCUT2D eigenvalue weighted by Gasteiger charge is -2.39. The summed E-state index contributed by atoms with van der Waals surface area (Å²) >= 11 is 0. The Kier molecular flexibility index (Phi) is 5.24. The Balaban J connectivity index is 1.56. The van der Waals surface area contributed by atoms with Gasteiger partial charge >= 0.3 is 0 Å². The second kappa shape index (κ2) is 7.78. The molecule has 0 spiro atoms. The number of rotatable bonds is 5. The molecule has 1 atom stereocenters. The third-order valence-electron chi connectivity index (χ3n) is 5.58. The van der Waals surface area contributed by atoms with E-state index in [0.29, 0.717) is 6.04 Å². The largest absolute Gasteiger partial charge is 0.496 e. The number of methoxy groups -OCH3 is 1. The SMILES string of the molecule is COc1ccccc1CN1Cc2ncn(C)c2CC1CN1CCOCC1. The Morgan fingerprint density at radius 1 is 1.23 bits per heavy atom. The van der Waals surface area contributed by atoms with Crippen LogP contribution in [0.5, 0.6) is 5.75 Å². The summed E-state index contributed by atoms with van der Waals surface area (Å²) in [5.41, 5.74) is 3.82. The fourth-order valence-corrected chi connectivity index (χ4v) is 4.07. The van der Waals surface area contributed by atoms with E-state index in [-0.39, 0.29) is 0 Å². The number of aryl methyl sites for hydroxylation is 1. The van der Waals surface area contributed by atoms with Crippen LogP contribution in [-0.4, -0.2) is 65.4 Å². The first-order chi connectivity index (χ1) is 12.7. The third kappa shape index (κ3) is 3.63. The molecule has 0 radical (unpaired) electrons. The molecule has 0 bridgehead atoms. The Labute approximate surface area is 155 Å². The maximum absolute atomic E-state index is 5.57. The lowest BCUT2D eigenvalue weighted by atomic mass is 10.00. The normalized spacial score (nSPS) is 21.5. The van der Waals surface area contributed by atoms with Gasteiger partial charge in [-0.15, -0.1) is 0 Å². The molecule has 1 unspecified atom stereocenters. The highest BCUT2D eigenvalue weighted by molar-refractivity contribution is 5.33. The molecule has 0 N–H and O–H groups in total. The van der Waals surface area contributed by atoms with Gasteiger partial charge in [0.2, 0.25) is 0 Å². The summed E-state index contributed by atoms with van der Waals surface area (Å²) in [6.45, 7) is 6.59. The maximum atomic E-state index is 5.57. The Morgan fingerprint density at radius 2 is 2.04 bits per heavy atom. The molecule has 6 nitrogen and oxygen atoms in total. The zero-order chi connectivity index (χ0) is 17.9. The summed E-state index contributed by atoms with van der Waals surface area (Å²) in [6, 6.07) is 8.80. The van der Waals surface area contributed by atoms with Gasteiger partial charge in [0, 0.05) is 63.5 Å². The van der Waals surface area contributed by atoms with E-state index < -0.39 is 0 Å². The van der Waals surface area contributed by atoms with Crippen molar-refractivity contribution in [2.45, 2.75) is 25.6 Å². The first-order valence-electron chi connectivity index (χ1n) is 9.39.